The predicted molar refractivity (Wildman–Crippen MR) is 55.8 cm³/mol. The number of oxazole rings is 1. The molecule has 0 spiro atoms. The van der Waals surface area contributed by atoms with E-state index in [0.717, 1.165) is 16.9 Å². The maximum atomic E-state index is 5.86. The van der Waals surface area contributed by atoms with Crippen molar-refractivity contribution < 1.29 is 4.42 Å². The van der Waals surface area contributed by atoms with Crippen LogP contribution in [0.1, 0.15) is 11.3 Å². The first-order valence-electron chi connectivity index (χ1n) is 4.46. The highest BCUT2D eigenvalue weighted by Gasteiger charge is 2.10. The third-order valence-corrected chi connectivity index (χ3v) is 2.14. The summed E-state index contributed by atoms with van der Waals surface area (Å²) in [5, 5.41) is 0. The van der Waals surface area contributed by atoms with Gasteiger partial charge in [-0.15, -0.1) is 0 Å². The standard InChI is InChI=1S/C11H12N2O/c1-7-4-3-5-9(12)10(7)11-13-6-8(2)14-11/h3-6H,12H2,1-2H3. The molecule has 2 rings (SSSR count). The second-order valence-electron chi connectivity index (χ2n) is 3.32. The molecule has 0 atom stereocenters. The molecule has 0 bridgehead atoms. The van der Waals surface area contributed by atoms with Crippen molar-refractivity contribution in [2.24, 2.45) is 0 Å². The average molecular weight is 188 g/mol. The highest BCUT2D eigenvalue weighted by molar-refractivity contribution is 5.73. The number of aryl methyl sites for hydroxylation is 2. The second kappa shape index (κ2) is 3.18. The van der Waals surface area contributed by atoms with E-state index in [1.807, 2.05) is 32.0 Å². The summed E-state index contributed by atoms with van der Waals surface area (Å²) >= 11 is 0. The van der Waals surface area contributed by atoms with E-state index in [1.54, 1.807) is 6.20 Å². The molecule has 0 saturated carbocycles. The second-order valence-corrected chi connectivity index (χ2v) is 3.32. The van der Waals surface area contributed by atoms with Crippen molar-refractivity contribution in [2.75, 3.05) is 5.73 Å². The zero-order chi connectivity index (χ0) is 10.1. The SMILES string of the molecule is Cc1cnc(-c2c(C)cccc2N)o1. The lowest BCUT2D eigenvalue weighted by molar-refractivity contribution is 0.542. The third-order valence-electron chi connectivity index (χ3n) is 2.14. The largest absolute Gasteiger partial charge is 0.441 e. The van der Waals surface area contributed by atoms with E-state index in [9.17, 15) is 0 Å². The number of aromatic nitrogens is 1. The summed E-state index contributed by atoms with van der Waals surface area (Å²) in [6, 6.07) is 5.76. The van der Waals surface area contributed by atoms with Gasteiger partial charge in [-0.05, 0) is 25.5 Å². The zero-order valence-corrected chi connectivity index (χ0v) is 8.24. The molecule has 2 aromatic rings. The van der Waals surface area contributed by atoms with Crippen LogP contribution in [0.3, 0.4) is 0 Å². The number of benzene rings is 1. The van der Waals surface area contributed by atoms with Crippen molar-refractivity contribution in [1.82, 2.24) is 4.98 Å². The summed E-state index contributed by atoms with van der Waals surface area (Å²) in [5.41, 5.74) is 8.53. The van der Waals surface area contributed by atoms with Gasteiger partial charge >= 0.3 is 0 Å². The Balaban J connectivity index is 2.61. The number of nitrogens with two attached hydrogens (primary N) is 1. The van der Waals surface area contributed by atoms with Crippen molar-refractivity contribution in [3.8, 4) is 11.5 Å². The smallest absolute Gasteiger partial charge is 0.228 e. The molecule has 0 radical (unpaired) electrons. The first kappa shape index (κ1) is 8.81. The lowest BCUT2D eigenvalue weighted by atomic mass is 10.1. The number of nitrogen functional groups attached to an aromatic ring is 1. The number of hydrogen-bond donors (Lipinski definition) is 1. The van der Waals surface area contributed by atoms with E-state index >= 15 is 0 Å². The summed E-state index contributed by atoms with van der Waals surface area (Å²) in [4.78, 5) is 4.16. The van der Waals surface area contributed by atoms with Crippen LogP contribution in [-0.2, 0) is 0 Å². The van der Waals surface area contributed by atoms with Crippen LogP contribution in [0.25, 0.3) is 11.5 Å². The zero-order valence-electron chi connectivity index (χ0n) is 8.24. The van der Waals surface area contributed by atoms with Crippen LogP contribution in [-0.4, -0.2) is 4.98 Å². The molecule has 0 aliphatic carbocycles. The molecule has 1 aromatic heterocycles. The molecule has 3 heteroatoms. The van der Waals surface area contributed by atoms with Crippen LogP contribution in [0, 0.1) is 13.8 Å². The Kier molecular flexibility index (Phi) is 2.00. The van der Waals surface area contributed by atoms with Crippen molar-refractivity contribution >= 4 is 5.69 Å². The van der Waals surface area contributed by atoms with Crippen molar-refractivity contribution in [3.05, 3.63) is 35.7 Å². The fourth-order valence-electron chi connectivity index (χ4n) is 1.45. The van der Waals surface area contributed by atoms with Crippen LogP contribution in [0.2, 0.25) is 0 Å². The van der Waals surface area contributed by atoms with Gasteiger partial charge in [0.25, 0.3) is 0 Å². The predicted octanol–water partition coefficient (Wildman–Crippen LogP) is 2.54. The molecule has 0 saturated heterocycles. The summed E-state index contributed by atoms with van der Waals surface area (Å²) in [6.45, 7) is 3.86. The molecule has 14 heavy (non-hydrogen) atoms. The molecule has 0 amide bonds. The highest BCUT2D eigenvalue weighted by atomic mass is 16.4. The Bertz CT molecular complexity index is 440. The molecule has 3 nitrogen and oxygen atoms in total. The van der Waals surface area contributed by atoms with Crippen LogP contribution in [0.4, 0.5) is 5.69 Å². The van der Waals surface area contributed by atoms with Gasteiger partial charge in [-0.3, -0.25) is 0 Å². The van der Waals surface area contributed by atoms with E-state index in [2.05, 4.69) is 4.98 Å². The van der Waals surface area contributed by atoms with Crippen LogP contribution in [0.15, 0.2) is 28.8 Å². The first-order valence-corrected chi connectivity index (χ1v) is 4.46. The van der Waals surface area contributed by atoms with Crippen molar-refractivity contribution in [3.63, 3.8) is 0 Å². The number of hydrogen-bond acceptors (Lipinski definition) is 3. The van der Waals surface area contributed by atoms with Gasteiger partial charge in [-0.2, -0.15) is 0 Å². The van der Waals surface area contributed by atoms with Crippen LogP contribution >= 0.6 is 0 Å². The first-order chi connectivity index (χ1) is 6.68. The quantitative estimate of drug-likeness (QED) is 0.699. The van der Waals surface area contributed by atoms with Gasteiger partial charge in [0.2, 0.25) is 5.89 Å². The molecular weight excluding hydrogens is 176 g/mol. The topological polar surface area (TPSA) is 52.0 Å². The van der Waals surface area contributed by atoms with Gasteiger partial charge in [0.1, 0.15) is 5.76 Å². The van der Waals surface area contributed by atoms with E-state index in [4.69, 9.17) is 10.2 Å². The van der Waals surface area contributed by atoms with Gasteiger partial charge in [0, 0.05) is 5.69 Å². The molecule has 0 aliphatic rings. The number of anilines is 1. The maximum Gasteiger partial charge on any atom is 0.228 e. The molecule has 1 aromatic carbocycles. The normalized spacial score (nSPS) is 10.4. The van der Waals surface area contributed by atoms with E-state index in [1.165, 1.54) is 0 Å². The fourth-order valence-corrected chi connectivity index (χ4v) is 1.45. The number of nitrogens with zero attached hydrogens (tertiary/aromatic N) is 1. The van der Waals surface area contributed by atoms with Gasteiger partial charge in [-0.1, -0.05) is 12.1 Å². The third kappa shape index (κ3) is 1.37. The van der Waals surface area contributed by atoms with Gasteiger partial charge < -0.3 is 10.2 Å². The Morgan fingerprint density at radius 1 is 1.29 bits per heavy atom. The van der Waals surface area contributed by atoms with Gasteiger partial charge in [0.15, 0.2) is 0 Å². The van der Waals surface area contributed by atoms with E-state index < -0.39 is 0 Å². The van der Waals surface area contributed by atoms with Gasteiger partial charge in [0.05, 0.1) is 11.8 Å². The molecular formula is C11H12N2O. The lowest BCUT2D eigenvalue weighted by Gasteiger charge is -2.04. The Hall–Kier alpha value is -1.77. The van der Waals surface area contributed by atoms with Gasteiger partial charge in [-0.25, -0.2) is 4.98 Å². The Morgan fingerprint density at radius 3 is 2.64 bits per heavy atom. The Morgan fingerprint density at radius 2 is 2.07 bits per heavy atom. The number of rotatable bonds is 1. The highest BCUT2D eigenvalue weighted by Crippen LogP contribution is 2.28. The fraction of sp³-hybridized carbons (Fsp3) is 0.182. The monoisotopic (exact) mass is 188 g/mol. The minimum Gasteiger partial charge on any atom is -0.441 e. The summed E-state index contributed by atoms with van der Waals surface area (Å²) in [7, 11) is 0. The molecule has 72 valence electrons. The van der Waals surface area contributed by atoms with Crippen molar-refractivity contribution in [2.45, 2.75) is 13.8 Å². The van der Waals surface area contributed by atoms with E-state index in [0.29, 0.717) is 11.6 Å². The average Bonchev–Trinajstić information content (AvgIpc) is 2.51. The minimum absolute atomic E-state index is 0.595. The van der Waals surface area contributed by atoms with Crippen LogP contribution < -0.4 is 5.73 Å². The summed E-state index contributed by atoms with van der Waals surface area (Å²) in [6.07, 6.45) is 1.70. The minimum atomic E-state index is 0.595. The molecule has 1 heterocycles. The summed E-state index contributed by atoms with van der Waals surface area (Å²) < 4.78 is 5.44. The van der Waals surface area contributed by atoms with E-state index in [-0.39, 0.29) is 0 Å². The molecule has 0 aliphatic heterocycles. The molecule has 0 unspecified atom stereocenters. The van der Waals surface area contributed by atoms with Crippen LogP contribution in [0.5, 0.6) is 0 Å². The lowest BCUT2D eigenvalue weighted by Crippen LogP contribution is -1.92. The molecule has 2 N–H and O–H groups in total. The Labute approximate surface area is 82.6 Å². The maximum absolute atomic E-state index is 5.86. The van der Waals surface area contributed by atoms with Crippen molar-refractivity contribution in [1.29, 1.82) is 0 Å². The summed E-state index contributed by atoms with van der Waals surface area (Å²) in [5.74, 6) is 1.39. The molecule has 0 fully saturated rings.